The van der Waals surface area contributed by atoms with E-state index >= 15 is 0 Å². The van der Waals surface area contributed by atoms with Gasteiger partial charge in [0.25, 0.3) is 5.91 Å². The number of hydrogen-bond donors (Lipinski definition) is 2. The Morgan fingerprint density at radius 2 is 1.97 bits per heavy atom. The number of anilines is 1. The van der Waals surface area contributed by atoms with E-state index < -0.39 is 23.7 Å². The Kier molecular flexibility index (Phi) is 6.15. The molecule has 1 aromatic heterocycles. The van der Waals surface area contributed by atoms with Crippen molar-refractivity contribution in [3.8, 4) is 5.69 Å². The molecule has 4 rings (SSSR count). The van der Waals surface area contributed by atoms with Gasteiger partial charge in [-0.1, -0.05) is 12.1 Å². The van der Waals surface area contributed by atoms with Crippen LogP contribution in [0, 0.1) is 0 Å². The molecule has 1 aliphatic carbocycles. The SMILES string of the molecule is COC(=O)C1=C(Nc2ccccc2-n2nc(C(F)(F)F)c3c2CCCC3)C(=O)N(CCO)C1. The molecule has 1 aromatic carbocycles. The van der Waals surface area contributed by atoms with Crippen molar-refractivity contribution in [2.24, 2.45) is 0 Å². The first kappa shape index (κ1) is 22.8. The number of esters is 1. The molecule has 1 aliphatic heterocycles. The third-order valence-electron chi connectivity index (χ3n) is 5.79. The quantitative estimate of drug-likeness (QED) is 0.638. The van der Waals surface area contributed by atoms with Gasteiger partial charge in [-0.15, -0.1) is 0 Å². The van der Waals surface area contributed by atoms with Crippen LogP contribution in [-0.4, -0.2) is 58.5 Å². The van der Waals surface area contributed by atoms with Gasteiger partial charge in [-0.3, -0.25) is 4.79 Å². The molecule has 0 spiro atoms. The summed E-state index contributed by atoms with van der Waals surface area (Å²) in [5.41, 5.74) is 0.472. The summed E-state index contributed by atoms with van der Waals surface area (Å²) in [4.78, 5) is 26.4. The minimum atomic E-state index is -4.58. The zero-order chi connectivity index (χ0) is 23.8. The molecule has 0 saturated carbocycles. The van der Waals surface area contributed by atoms with Gasteiger partial charge in [0.1, 0.15) is 5.70 Å². The maximum Gasteiger partial charge on any atom is 0.435 e. The summed E-state index contributed by atoms with van der Waals surface area (Å²) in [6, 6.07) is 6.53. The lowest BCUT2D eigenvalue weighted by molar-refractivity contribution is -0.142. The molecule has 8 nitrogen and oxygen atoms in total. The van der Waals surface area contributed by atoms with Gasteiger partial charge in [-0.05, 0) is 37.8 Å². The number of carbonyl (C=O) groups excluding carboxylic acids is 2. The number of β-amino-alcohol motifs (C(OH)–C–C–N with tert-alkyl or cyclic N) is 1. The number of benzene rings is 1. The van der Waals surface area contributed by atoms with E-state index in [0.717, 1.165) is 6.42 Å². The Balaban J connectivity index is 1.79. The number of amides is 1. The molecule has 0 unspecified atom stereocenters. The first-order chi connectivity index (χ1) is 15.8. The maximum absolute atomic E-state index is 13.7. The molecular weight excluding hydrogens is 441 g/mol. The number of alkyl halides is 3. The van der Waals surface area contributed by atoms with Crippen LogP contribution in [0.15, 0.2) is 35.5 Å². The van der Waals surface area contributed by atoms with Gasteiger partial charge in [-0.25, -0.2) is 9.48 Å². The average molecular weight is 464 g/mol. The monoisotopic (exact) mass is 464 g/mol. The number of aromatic nitrogens is 2. The topological polar surface area (TPSA) is 96.7 Å². The molecule has 0 radical (unpaired) electrons. The predicted molar refractivity (Wildman–Crippen MR) is 112 cm³/mol. The number of aliphatic hydroxyl groups is 1. The van der Waals surface area contributed by atoms with Crippen molar-refractivity contribution in [2.45, 2.75) is 31.9 Å². The first-order valence-electron chi connectivity index (χ1n) is 10.5. The lowest BCUT2D eigenvalue weighted by atomic mass is 9.95. The Morgan fingerprint density at radius 1 is 1.24 bits per heavy atom. The fraction of sp³-hybridized carbons (Fsp3) is 0.409. The largest absolute Gasteiger partial charge is 0.466 e. The van der Waals surface area contributed by atoms with Gasteiger partial charge in [-0.2, -0.15) is 18.3 Å². The van der Waals surface area contributed by atoms with Crippen molar-refractivity contribution < 1.29 is 32.6 Å². The zero-order valence-corrected chi connectivity index (χ0v) is 17.9. The average Bonchev–Trinajstić information content (AvgIpc) is 3.33. The van der Waals surface area contributed by atoms with Crippen molar-refractivity contribution >= 4 is 17.6 Å². The summed E-state index contributed by atoms with van der Waals surface area (Å²) in [5.74, 6) is -1.22. The van der Waals surface area contributed by atoms with E-state index in [1.54, 1.807) is 24.3 Å². The number of hydrogen-bond acceptors (Lipinski definition) is 6. The van der Waals surface area contributed by atoms with E-state index in [1.165, 1.54) is 16.7 Å². The molecule has 2 N–H and O–H groups in total. The van der Waals surface area contributed by atoms with Gasteiger partial charge < -0.3 is 20.1 Å². The molecule has 2 heterocycles. The van der Waals surface area contributed by atoms with E-state index in [1.807, 2.05) is 0 Å². The summed E-state index contributed by atoms with van der Waals surface area (Å²) in [5, 5.41) is 16.1. The van der Waals surface area contributed by atoms with Crippen molar-refractivity contribution in [3.63, 3.8) is 0 Å². The standard InChI is InChI=1S/C22H23F3N4O4/c1-33-21(32)14-12-28(10-11-30)20(31)18(14)26-15-7-3-5-9-17(15)29-16-8-4-2-6-13(16)19(27-29)22(23,24)25/h3,5,7,9,26,30H,2,4,6,8,10-12H2,1H3. The minimum absolute atomic E-state index is 0.0216. The van der Waals surface area contributed by atoms with Crippen LogP contribution in [0.5, 0.6) is 0 Å². The number of halogens is 3. The van der Waals surface area contributed by atoms with Crippen LogP contribution in [0.2, 0.25) is 0 Å². The van der Waals surface area contributed by atoms with E-state index in [-0.39, 0.29) is 36.5 Å². The molecule has 0 fully saturated rings. The van der Waals surface area contributed by atoms with Crippen molar-refractivity contribution in [1.29, 1.82) is 0 Å². The second kappa shape index (κ2) is 8.89. The predicted octanol–water partition coefficient (Wildman–Crippen LogP) is 2.44. The number of ether oxygens (including phenoxy) is 1. The van der Waals surface area contributed by atoms with E-state index in [4.69, 9.17) is 4.74 Å². The fourth-order valence-electron chi connectivity index (χ4n) is 4.27. The molecule has 1 amide bonds. The fourth-order valence-corrected chi connectivity index (χ4v) is 4.27. The molecule has 176 valence electrons. The Morgan fingerprint density at radius 3 is 2.67 bits per heavy atom. The highest BCUT2D eigenvalue weighted by atomic mass is 19.4. The smallest absolute Gasteiger partial charge is 0.435 e. The van der Waals surface area contributed by atoms with Gasteiger partial charge >= 0.3 is 12.1 Å². The summed E-state index contributed by atoms with van der Waals surface area (Å²) < 4.78 is 47.0. The molecule has 2 aliphatic rings. The van der Waals surface area contributed by atoms with E-state index in [9.17, 15) is 27.9 Å². The maximum atomic E-state index is 13.7. The third kappa shape index (κ3) is 4.20. The van der Waals surface area contributed by atoms with Gasteiger partial charge in [0.2, 0.25) is 0 Å². The number of methoxy groups -OCH3 is 1. The normalized spacial score (nSPS) is 16.3. The second-order valence-corrected chi connectivity index (χ2v) is 7.83. The lowest BCUT2D eigenvalue weighted by Gasteiger charge is -2.18. The van der Waals surface area contributed by atoms with Crippen LogP contribution in [0.4, 0.5) is 18.9 Å². The van der Waals surface area contributed by atoms with Crippen LogP contribution >= 0.6 is 0 Å². The number of nitrogens with one attached hydrogen (secondary N) is 1. The van der Waals surface area contributed by atoms with Crippen molar-refractivity contribution in [2.75, 3.05) is 32.1 Å². The molecule has 0 atom stereocenters. The number of carbonyl (C=O) groups is 2. The van der Waals surface area contributed by atoms with Crippen LogP contribution < -0.4 is 5.32 Å². The number of para-hydroxylation sites is 2. The summed E-state index contributed by atoms with van der Waals surface area (Å²) in [6.07, 6.45) is -2.43. The molecule has 0 bridgehead atoms. The van der Waals surface area contributed by atoms with Crippen molar-refractivity contribution in [1.82, 2.24) is 14.7 Å². The zero-order valence-electron chi connectivity index (χ0n) is 17.9. The summed E-state index contributed by atoms with van der Waals surface area (Å²) in [7, 11) is 1.19. The highest BCUT2D eigenvalue weighted by molar-refractivity contribution is 6.08. The Bertz CT molecular complexity index is 1120. The molecule has 11 heteroatoms. The molecule has 0 saturated heterocycles. The number of nitrogens with zero attached hydrogens (tertiary/aromatic N) is 3. The Hall–Kier alpha value is -3.34. The van der Waals surface area contributed by atoms with E-state index in [0.29, 0.717) is 36.3 Å². The summed E-state index contributed by atoms with van der Waals surface area (Å²) >= 11 is 0. The number of rotatable bonds is 6. The van der Waals surface area contributed by atoms with Crippen LogP contribution in [-0.2, 0) is 33.3 Å². The highest BCUT2D eigenvalue weighted by Crippen LogP contribution is 2.38. The van der Waals surface area contributed by atoms with Crippen LogP contribution in [0.25, 0.3) is 5.69 Å². The lowest BCUT2D eigenvalue weighted by Crippen LogP contribution is -2.31. The van der Waals surface area contributed by atoms with Gasteiger partial charge in [0.05, 0.1) is 37.2 Å². The highest BCUT2D eigenvalue weighted by Gasteiger charge is 2.40. The third-order valence-corrected chi connectivity index (χ3v) is 5.79. The van der Waals surface area contributed by atoms with Crippen molar-refractivity contribution in [3.05, 3.63) is 52.5 Å². The number of aliphatic hydroxyl groups excluding tert-OH is 1. The summed E-state index contributed by atoms with van der Waals surface area (Å²) in [6.45, 7) is -0.316. The van der Waals surface area contributed by atoms with E-state index in [2.05, 4.69) is 10.4 Å². The first-order valence-corrected chi connectivity index (χ1v) is 10.5. The van der Waals surface area contributed by atoms with Gasteiger partial charge in [0, 0.05) is 17.8 Å². The second-order valence-electron chi connectivity index (χ2n) is 7.83. The molecule has 33 heavy (non-hydrogen) atoms. The van der Waals surface area contributed by atoms with Crippen LogP contribution in [0.3, 0.4) is 0 Å². The number of fused-ring (bicyclic) bond motifs is 1. The van der Waals surface area contributed by atoms with Gasteiger partial charge in [0.15, 0.2) is 5.69 Å². The Labute approximate surface area is 187 Å². The minimum Gasteiger partial charge on any atom is -0.466 e. The molecular formula is C22H23F3N4O4. The van der Waals surface area contributed by atoms with Crippen LogP contribution in [0.1, 0.15) is 29.8 Å². The molecule has 2 aromatic rings.